The van der Waals surface area contributed by atoms with Gasteiger partial charge < -0.3 is 10.3 Å². The van der Waals surface area contributed by atoms with Gasteiger partial charge in [-0.25, -0.2) is 9.97 Å². The number of imidazole rings is 1. The maximum Gasteiger partial charge on any atom is 0.471 e. The Kier molecular flexibility index (Phi) is 5.22. The highest BCUT2D eigenvalue weighted by atomic mass is 19.4. The minimum absolute atomic E-state index is 0.0343. The van der Waals surface area contributed by atoms with Crippen LogP contribution in [0, 0.1) is 0 Å². The second-order valence-electron chi connectivity index (χ2n) is 7.10. The molecule has 31 heavy (non-hydrogen) atoms. The molecule has 0 aliphatic heterocycles. The molecule has 3 aromatic heterocycles. The highest BCUT2D eigenvalue weighted by Crippen LogP contribution is 2.26. The van der Waals surface area contributed by atoms with E-state index < -0.39 is 12.1 Å². The van der Waals surface area contributed by atoms with Gasteiger partial charge in [0, 0.05) is 24.2 Å². The van der Waals surface area contributed by atoms with Crippen LogP contribution in [0.3, 0.4) is 0 Å². The maximum absolute atomic E-state index is 12.3. The highest BCUT2D eigenvalue weighted by molar-refractivity contribution is 5.95. The van der Waals surface area contributed by atoms with E-state index in [4.69, 9.17) is 0 Å². The number of nitrogens with zero attached hydrogens (tertiary/aromatic N) is 3. The molecule has 0 fully saturated rings. The first kappa shape index (κ1) is 20.6. The first-order valence-electron chi connectivity index (χ1n) is 9.54. The van der Waals surface area contributed by atoms with Crippen molar-refractivity contribution in [1.29, 1.82) is 0 Å². The number of nitrogens with one attached hydrogen (secondary N) is 2. The van der Waals surface area contributed by atoms with Crippen molar-refractivity contribution in [3.63, 3.8) is 0 Å². The van der Waals surface area contributed by atoms with Crippen molar-refractivity contribution < 1.29 is 22.8 Å². The van der Waals surface area contributed by atoms with Crippen molar-refractivity contribution in [1.82, 2.24) is 24.7 Å². The molecule has 0 unspecified atom stereocenters. The average molecular weight is 429 g/mol. The van der Waals surface area contributed by atoms with Crippen molar-refractivity contribution in [2.45, 2.75) is 25.9 Å². The molecule has 0 aliphatic rings. The van der Waals surface area contributed by atoms with Gasteiger partial charge in [-0.1, -0.05) is 18.2 Å². The fourth-order valence-electron chi connectivity index (χ4n) is 3.39. The van der Waals surface area contributed by atoms with Crippen LogP contribution < -0.4 is 5.32 Å². The fourth-order valence-corrected chi connectivity index (χ4v) is 3.39. The number of aromatic nitrogens is 4. The molecular formula is C21H18F3N5O2. The van der Waals surface area contributed by atoms with E-state index in [0.29, 0.717) is 29.9 Å². The molecule has 0 radical (unpaired) electrons. The van der Waals surface area contributed by atoms with Gasteiger partial charge in [-0.3, -0.25) is 14.0 Å². The van der Waals surface area contributed by atoms with Crippen LogP contribution in [0.4, 0.5) is 13.2 Å². The van der Waals surface area contributed by atoms with Gasteiger partial charge in [-0.15, -0.1) is 0 Å². The summed E-state index contributed by atoms with van der Waals surface area (Å²) in [5.41, 5.74) is 4.31. The van der Waals surface area contributed by atoms with Gasteiger partial charge in [0.2, 0.25) is 0 Å². The lowest BCUT2D eigenvalue weighted by molar-refractivity contribution is -0.173. The summed E-state index contributed by atoms with van der Waals surface area (Å²) in [7, 11) is 0. The van der Waals surface area contributed by atoms with Gasteiger partial charge in [0.1, 0.15) is 5.82 Å². The van der Waals surface area contributed by atoms with Crippen LogP contribution in [-0.2, 0) is 11.2 Å². The number of Topliss-reactive ketones (excluding diaryl/α,β-unsaturated/α-hetero) is 1. The lowest BCUT2D eigenvalue weighted by atomic mass is 10.1. The van der Waals surface area contributed by atoms with Crippen LogP contribution in [0.5, 0.6) is 0 Å². The summed E-state index contributed by atoms with van der Waals surface area (Å²) in [6.07, 6.45) is -0.941. The Morgan fingerprint density at radius 2 is 1.94 bits per heavy atom. The first-order valence-corrected chi connectivity index (χ1v) is 9.54. The summed E-state index contributed by atoms with van der Waals surface area (Å²) >= 11 is 0. The van der Waals surface area contributed by atoms with Gasteiger partial charge >= 0.3 is 12.1 Å². The second-order valence-corrected chi connectivity index (χ2v) is 7.10. The molecule has 0 atom stereocenters. The van der Waals surface area contributed by atoms with Crippen molar-refractivity contribution in [3.8, 4) is 11.3 Å². The number of carbonyl (C=O) groups is 2. The standard InChI is InChI=1S/C21H18F3N5O2/c1-12(30)13-4-2-5-14(8-13)16-9-17-19(28-16)27-11-15-10-26-18(29(15)17)6-3-7-25-20(31)21(22,23)24/h2,4-5,8-11,28H,3,6-7H2,1H3,(H,25,31). The van der Waals surface area contributed by atoms with E-state index in [-0.39, 0.29) is 12.3 Å². The third-order valence-corrected chi connectivity index (χ3v) is 4.91. The molecule has 1 aromatic carbocycles. The average Bonchev–Trinajstić information content (AvgIpc) is 3.34. The third-order valence-electron chi connectivity index (χ3n) is 4.91. The van der Waals surface area contributed by atoms with E-state index in [0.717, 1.165) is 22.3 Å². The molecule has 3 heterocycles. The molecule has 4 rings (SSSR count). The maximum atomic E-state index is 12.3. The number of rotatable bonds is 6. The molecule has 0 saturated carbocycles. The van der Waals surface area contributed by atoms with E-state index in [1.165, 1.54) is 6.92 Å². The second kappa shape index (κ2) is 7.86. The van der Waals surface area contributed by atoms with Crippen LogP contribution >= 0.6 is 0 Å². The van der Waals surface area contributed by atoms with Gasteiger partial charge in [-0.05, 0) is 31.0 Å². The number of aromatic amines is 1. The van der Waals surface area contributed by atoms with E-state index >= 15 is 0 Å². The zero-order valence-electron chi connectivity index (χ0n) is 16.5. The smallest absolute Gasteiger partial charge is 0.348 e. The summed E-state index contributed by atoms with van der Waals surface area (Å²) in [5, 5.41) is 1.86. The lowest BCUT2D eigenvalue weighted by Gasteiger charge is -2.07. The lowest BCUT2D eigenvalue weighted by Crippen LogP contribution is -2.37. The summed E-state index contributed by atoms with van der Waals surface area (Å²) in [5.74, 6) is -1.34. The third kappa shape index (κ3) is 4.14. The Labute approximate surface area is 174 Å². The molecule has 0 aliphatic carbocycles. The number of hydrogen-bond donors (Lipinski definition) is 2. The van der Waals surface area contributed by atoms with Gasteiger partial charge in [0.15, 0.2) is 11.4 Å². The van der Waals surface area contributed by atoms with E-state index in [9.17, 15) is 22.8 Å². The largest absolute Gasteiger partial charge is 0.471 e. The number of hydrogen-bond acceptors (Lipinski definition) is 4. The fraction of sp³-hybridized carbons (Fsp3) is 0.238. The van der Waals surface area contributed by atoms with Gasteiger partial charge in [-0.2, -0.15) is 13.2 Å². The zero-order valence-corrected chi connectivity index (χ0v) is 16.5. The molecule has 160 valence electrons. The van der Waals surface area contributed by atoms with Crippen molar-refractivity contribution in [3.05, 3.63) is 54.1 Å². The topological polar surface area (TPSA) is 92.2 Å². The van der Waals surface area contributed by atoms with Gasteiger partial charge in [0.25, 0.3) is 0 Å². The number of aryl methyl sites for hydroxylation is 1. The molecule has 4 aromatic rings. The Hall–Kier alpha value is -3.69. The Balaban J connectivity index is 1.61. The summed E-state index contributed by atoms with van der Waals surface area (Å²) < 4.78 is 38.7. The number of carbonyl (C=O) groups excluding carboxylic acids is 2. The normalized spacial score (nSPS) is 11.9. The van der Waals surface area contributed by atoms with Crippen LogP contribution in [-0.4, -0.2) is 43.8 Å². The quantitative estimate of drug-likeness (QED) is 0.361. The number of halogens is 3. The molecule has 1 amide bonds. The summed E-state index contributed by atoms with van der Waals surface area (Å²) in [6.45, 7) is 1.39. The number of ketones is 1. The summed E-state index contributed by atoms with van der Waals surface area (Å²) in [4.78, 5) is 34.6. The SMILES string of the molecule is CC(=O)c1cccc(-c2cc3c(ncc4cnc(CCCNC(=O)C(F)(F)F)n43)[nH]2)c1. The monoisotopic (exact) mass is 429 g/mol. The van der Waals surface area contributed by atoms with E-state index in [1.807, 2.05) is 21.9 Å². The number of alkyl halides is 3. The van der Waals surface area contributed by atoms with Crippen molar-refractivity contribution >= 4 is 28.4 Å². The Bertz CT molecular complexity index is 1290. The number of H-pyrrole nitrogens is 1. The van der Waals surface area contributed by atoms with Crippen LogP contribution in [0.2, 0.25) is 0 Å². The molecule has 7 nitrogen and oxygen atoms in total. The summed E-state index contributed by atoms with van der Waals surface area (Å²) in [6, 6.07) is 9.12. The number of fused-ring (bicyclic) bond motifs is 3. The number of amides is 1. The molecule has 10 heteroatoms. The van der Waals surface area contributed by atoms with Gasteiger partial charge in [0.05, 0.1) is 23.4 Å². The molecule has 0 saturated heterocycles. The van der Waals surface area contributed by atoms with Crippen molar-refractivity contribution in [2.75, 3.05) is 6.54 Å². The minimum Gasteiger partial charge on any atom is -0.348 e. The Morgan fingerprint density at radius 1 is 1.16 bits per heavy atom. The van der Waals surface area contributed by atoms with E-state index in [1.54, 1.807) is 30.6 Å². The molecule has 0 bridgehead atoms. The first-order chi connectivity index (χ1) is 14.7. The molecule has 0 spiro atoms. The predicted molar refractivity (Wildman–Crippen MR) is 108 cm³/mol. The van der Waals surface area contributed by atoms with E-state index in [2.05, 4.69) is 15.0 Å². The molecular weight excluding hydrogens is 411 g/mol. The van der Waals surface area contributed by atoms with Crippen LogP contribution in [0.25, 0.3) is 27.9 Å². The zero-order chi connectivity index (χ0) is 22.2. The molecule has 2 N–H and O–H groups in total. The highest BCUT2D eigenvalue weighted by Gasteiger charge is 2.38. The van der Waals surface area contributed by atoms with Crippen molar-refractivity contribution in [2.24, 2.45) is 0 Å². The minimum atomic E-state index is -4.89. The van der Waals surface area contributed by atoms with Crippen LogP contribution in [0.1, 0.15) is 29.5 Å². The Morgan fingerprint density at radius 3 is 2.68 bits per heavy atom. The van der Waals surface area contributed by atoms with Crippen LogP contribution in [0.15, 0.2) is 42.7 Å². The predicted octanol–water partition coefficient (Wildman–Crippen LogP) is 3.69. The number of benzene rings is 1.